The molecule has 1 aromatic carbocycles. The number of hydrogen-bond donors (Lipinski definition) is 1. The molecule has 2 saturated heterocycles. The molecule has 0 aromatic heterocycles. The highest BCUT2D eigenvalue weighted by molar-refractivity contribution is 5.85. The van der Waals surface area contributed by atoms with Gasteiger partial charge in [-0.2, -0.15) is 0 Å². The lowest BCUT2D eigenvalue weighted by Gasteiger charge is -2.60. The number of benzene rings is 1. The summed E-state index contributed by atoms with van der Waals surface area (Å²) < 4.78 is 17.6. The maximum absolute atomic E-state index is 13.0. The van der Waals surface area contributed by atoms with Crippen molar-refractivity contribution in [3.05, 3.63) is 23.3 Å². The molecule has 2 aliphatic heterocycles. The van der Waals surface area contributed by atoms with Gasteiger partial charge in [-0.3, -0.25) is 4.79 Å². The molecule has 3 fully saturated rings. The van der Waals surface area contributed by atoms with E-state index in [4.69, 9.17) is 14.2 Å². The normalized spacial score (nSPS) is 39.6. The van der Waals surface area contributed by atoms with Gasteiger partial charge in [0.25, 0.3) is 0 Å². The van der Waals surface area contributed by atoms with Crippen molar-refractivity contribution in [2.45, 2.75) is 42.7 Å². The molecule has 6 nitrogen and oxygen atoms in total. The molecule has 1 saturated carbocycles. The van der Waals surface area contributed by atoms with E-state index in [1.165, 1.54) is 0 Å². The predicted molar refractivity (Wildman–Crippen MR) is 93.4 cm³/mol. The predicted octanol–water partition coefficient (Wildman–Crippen LogP) is 1.79. The molecule has 1 spiro atoms. The number of carbonyl (C=O) groups excluding carboxylic acids is 1. The minimum Gasteiger partial charge on any atom is -0.493 e. The van der Waals surface area contributed by atoms with Crippen molar-refractivity contribution < 1.29 is 24.1 Å². The Bertz CT molecular complexity index is 810. The molecular weight excluding hydrogens is 334 g/mol. The van der Waals surface area contributed by atoms with Gasteiger partial charge in [0.1, 0.15) is 0 Å². The number of hydrogen-bond acceptors (Lipinski definition) is 5. The van der Waals surface area contributed by atoms with Gasteiger partial charge in [0, 0.05) is 36.3 Å². The first kappa shape index (κ1) is 16.4. The number of aliphatic hydroxyl groups excluding tert-OH is 1. The second kappa shape index (κ2) is 4.93. The Morgan fingerprint density at radius 1 is 1.31 bits per heavy atom. The summed E-state index contributed by atoms with van der Waals surface area (Å²) >= 11 is 0. The van der Waals surface area contributed by atoms with Gasteiger partial charge in [0.05, 0.1) is 39.1 Å². The zero-order valence-electron chi connectivity index (χ0n) is 15.5. The lowest BCUT2D eigenvalue weighted by atomic mass is 9.53. The van der Waals surface area contributed by atoms with E-state index in [-0.39, 0.29) is 24.0 Å². The summed E-state index contributed by atoms with van der Waals surface area (Å²) in [6, 6.07) is 3.99. The number of rotatable bonds is 3. The molecule has 1 N–H and O–H groups in total. The quantitative estimate of drug-likeness (QED) is 0.891. The van der Waals surface area contributed by atoms with E-state index in [1.807, 2.05) is 18.0 Å². The van der Waals surface area contributed by atoms with Gasteiger partial charge < -0.3 is 24.2 Å². The van der Waals surface area contributed by atoms with Crippen LogP contribution in [0.3, 0.4) is 0 Å². The number of amides is 1. The number of likely N-dealkylation sites (tertiary alicyclic amines) is 1. The first-order chi connectivity index (χ1) is 12.5. The zero-order chi connectivity index (χ0) is 18.3. The third kappa shape index (κ3) is 1.44. The summed E-state index contributed by atoms with van der Waals surface area (Å²) in [5.74, 6) is 1.53. The van der Waals surface area contributed by atoms with E-state index < -0.39 is 11.0 Å². The van der Waals surface area contributed by atoms with Crippen LogP contribution in [-0.4, -0.2) is 55.9 Å². The van der Waals surface area contributed by atoms with Gasteiger partial charge in [0.2, 0.25) is 5.91 Å². The summed E-state index contributed by atoms with van der Waals surface area (Å²) in [6.45, 7) is 0.516. The minimum absolute atomic E-state index is 0.0285. The van der Waals surface area contributed by atoms with E-state index in [0.717, 1.165) is 30.4 Å². The highest BCUT2D eigenvalue weighted by atomic mass is 16.5. The van der Waals surface area contributed by atoms with Gasteiger partial charge >= 0.3 is 0 Å². The SMILES string of the molecule is COc1ccc2c(c1OC)[C@]13CCC4(CO)CO[C@H]2CC41N(C)C(=O)C3. The van der Waals surface area contributed by atoms with Crippen molar-refractivity contribution in [1.82, 2.24) is 4.90 Å². The summed E-state index contributed by atoms with van der Waals surface area (Å²) in [4.78, 5) is 14.9. The molecule has 0 radical (unpaired) electrons. The zero-order valence-corrected chi connectivity index (χ0v) is 15.5. The fourth-order valence-corrected chi connectivity index (χ4v) is 6.78. The lowest BCUT2D eigenvalue weighted by Crippen LogP contribution is -2.68. The van der Waals surface area contributed by atoms with Crippen LogP contribution >= 0.6 is 0 Å². The molecular formula is C20H25NO5. The number of likely N-dealkylation sites (N-methyl/N-ethyl adjacent to an activating group) is 1. The highest BCUT2D eigenvalue weighted by Crippen LogP contribution is 2.74. The van der Waals surface area contributed by atoms with E-state index in [1.54, 1.807) is 14.2 Å². The van der Waals surface area contributed by atoms with Crippen molar-refractivity contribution in [2.24, 2.45) is 5.41 Å². The molecule has 26 heavy (non-hydrogen) atoms. The van der Waals surface area contributed by atoms with Crippen LogP contribution in [0.1, 0.15) is 42.9 Å². The average molecular weight is 359 g/mol. The Labute approximate surface area is 153 Å². The van der Waals surface area contributed by atoms with Crippen LogP contribution in [0.15, 0.2) is 12.1 Å². The summed E-state index contributed by atoms with van der Waals surface area (Å²) in [5, 5.41) is 10.4. The van der Waals surface area contributed by atoms with Crippen LogP contribution < -0.4 is 9.47 Å². The largest absolute Gasteiger partial charge is 0.493 e. The Morgan fingerprint density at radius 2 is 2.12 bits per heavy atom. The third-order valence-electron chi connectivity index (χ3n) is 7.85. The van der Waals surface area contributed by atoms with Crippen molar-refractivity contribution in [2.75, 3.05) is 34.5 Å². The van der Waals surface area contributed by atoms with Crippen LogP contribution in [-0.2, 0) is 14.9 Å². The number of methoxy groups -OCH3 is 2. The number of ether oxygens (including phenoxy) is 3. The van der Waals surface area contributed by atoms with Gasteiger partial charge in [0.15, 0.2) is 11.5 Å². The van der Waals surface area contributed by atoms with Gasteiger partial charge in [-0.15, -0.1) is 0 Å². The maximum Gasteiger partial charge on any atom is 0.223 e. The van der Waals surface area contributed by atoms with E-state index in [9.17, 15) is 9.90 Å². The Morgan fingerprint density at radius 3 is 2.81 bits per heavy atom. The van der Waals surface area contributed by atoms with Gasteiger partial charge in [-0.05, 0) is 24.5 Å². The topological polar surface area (TPSA) is 68.2 Å². The monoisotopic (exact) mass is 359 g/mol. The smallest absolute Gasteiger partial charge is 0.223 e. The van der Waals surface area contributed by atoms with Crippen molar-refractivity contribution >= 4 is 5.91 Å². The Hall–Kier alpha value is -1.79. The molecule has 1 amide bonds. The van der Waals surface area contributed by atoms with Crippen LogP contribution in [0, 0.1) is 5.41 Å². The van der Waals surface area contributed by atoms with Crippen molar-refractivity contribution in [1.29, 1.82) is 0 Å². The third-order valence-corrected chi connectivity index (χ3v) is 7.85. The fourth-order valence-electron chi connectivity index (χ4n) is 6.78. The highest BCUT2D eigenvalue weighted by Gasteiger charge is 2.78. The first-order valence-corrected chi connectivity index (χ1v) is 9.25. The number of aliphatic hydroxyl groups is 1. The number of carbonyl (C=O) groups is 1. The van der Waals surface area contributed by atoms with Crippen LogP contribution in [0.2, 0.25) is 0 Å². The Kier molecular flexibility index (Phi) is 3.11. The van der Waals surface area contributed by atoms with Crippen LogP contribution in [0.5, 0.6) is 11.5 Å². The van der Waals surface area contributed by atoms with Gasteiger partial charge in [-0.1, -0.05) is 6.07 Å². The summed E-state index contributed by atoms with van der Waals surface area (Å²) in [5.41, 5.74) is 0.951. The molecule has 140 valence electrons. The molecule has 2 aliphatic carbocycles. The van der Waals surface area contributed by atoms with E-state index >= 15 is 0 Å². The van der Waals surface area contributed by atoms with Crippen LogP contribution in [0.25, 0.3) is 0 Å². The average Bonchev–Trinajstić information content (AvgIpc) is 3.10. The first-order valence-electron chi connectivity index (χ1n) is 9.25. The fraction of sp³-hybridized carbons (Fsp3) is 0.650. The van der Waals surface area contributed by atoms with Crippen LogP contribution in [0.4, 0.5) is 0 Å². The minimum atomic E-state index is -0.429. The van der Waals surface area contributed by atoms with Crippen molar-refractivity contribution in [3.8, 4) is 11.5 Å². The molecule has 4 aliphatic rings. The molecule has 6 heteroatoms. The molecule has 4 atom stereocenters. The summed E-state index contributed by atoms with van der Waals surface area (Å²) in [7, 11) is 5.19. The second-order valence-electron chi connectivity index (χ2n) is 8.28. The molecule has 2 heterocycles. The van der Waals surface area contributed by atoms with E-state index in [2.05, 4.69) is 6.07 Å². The Balaban J connectivity index is 1.89. The molecule has 1 aromatic rings. The lowest BCUT2D eigenvalue weighted by molar-refractivity contribution is -0.180. The maximum atomic E-state index is 13.0. The molecule has 5 rings (SSSR count). The van der Waals surface area contributed by atoms with Crippen molar-refractivity contribution in [3.63, 3.8) is 0 Å². The molecule has 2 unspecified atom stereocenters. The second-order valence-corrected chi connectivity index (χ2v) is 8.28. The molecule has 2 bridgehead atoms. The number of nitrogens with zero attached hydrogens (tertiary/aromatic N) is 1. The standard InChI is InChI=1S/C20H25NO5/c1-21-15(23)9-19-7-6-18(10-22)11-26-14(8-20(18,19)21)12-4-5-13(24-2)17(25-3)16(12)19/h4-5,14,22H,6-11H2,1-3H3/t14-,18?,19+,20?/m0/s1. The van der Waals surface area contributed by atoms with Gasteiger partial charge in [-0.25, -0.2) is 0 Å². The van der Waals surface area contributed by atoms with E-state index in [0.29, 0.717) is 24.5 Å². The summed E-state index contributed by atoms with van der Waals surface area (Å²) in [6.07, 6.45) is 2.78. The number of fused-ring (bicyclic) bond motifs is 3.